The Balaban J connectivity index is 0.893. The number of benzene rings is 4. The van der Waals surface area contributed by atoms with E-state index in [9.17, 15) is 9.59 Å². The lowest BCUT2D eigenvalue weighted by atomic mass is 9.86. The first-order valence-electron chi connectivity index (χ1n) is 27.1. The van der Waals surface area contributed by atoms with Crippen molar-refractivity contribution in [2.45, 2.75) is 82.7 Å². The summed E-state index contributed by atoms with van der Waals surface area (Å²) in [5.41, 5.74) is 7.03. The van der Waals surface area contributed by atoms with Crippen LogP contribution >= 0.6 is 0 Å². The van der Waals surface area contributed by atoms with E-state index >= 15 is 0 Å². The molecule has 17 nitrogen and oxygen atoms in total. The number of methoxy groups -OCH3 is 10. The fraction of sp³-hybridized carbons (Fsp3) is 0.541. The molecular weight excluding hydrogens is 1000 g/mol. The SMILES string of the molecule is COc1cc2c(cc1OC)[C@@H](Cc1cc(OC)c(OC)c(OC)c1)[N@+](C)(CCCOCCCOC(=O)CC/C=C/CCC(=O)OCCC[N@+]1(C)CCc3cc(OC)c(OC)cc3[C@H]1Cc1cc(OC)c(OC)c(OC)c1)CC2. The van der Waals surface area contributed by atoms with Crippen LogP contribution in [0.1, 0.15) is 90.4 Å². The van der Waals surface area contributed by atoms with E-state index in [1.54, 1.807) is 71.1 Å². The van der Waals surface area contributed by atoms with E-state index in [1.807, 2.05) is 36.4 Å². The van der Waals surface area contributed by atoms with Crippen LogP contribution in [0, 0.1) is 0 Å². The summed E-state index contributed by atoms with van der Waals surface area (Å²) in [5.74, 6) is 5.90. The monoisotopic (exact) mass is 1090 g/mol. The standard InChI is InChI=1S/C61H86N2O15/c1-62(26-22-44-38-50(66-3)52(68-5)40-46(44)48(62)32-42-34-54(70-7)60(74-11)55(35-42)71-8)24-17-28-76-29-19-31-78-59(65)21-16-14-13-15-20-58(64)77-30-18-25-63(2)27-23-45-39-51(67-4)53(69-6)41-47(45)49(63)33-43-36-56(72-9)61(75-12)57(37-43)73-10/h13-14,34-41,48-49H,15-33H2,1-12H3/q+2/b14-13+/t48-,49-,62-,63-/m1/s1. The number of carbonyl (C=O) groups is 2. The van der Waals surface area contributed by atoms with Crippen molar-refractivity contribution in [1.82, 2.24) is 0 Å². The molecule has 6 rings (SSSR count). The number of hydrogen-bond acceptors (Lipinski definition) is 15. The average molecular weight is 1090 g/mol. The molecule has 0 radical (unpaired) electrons. The minimum atomic E-state index is -0.257. The molecule has 4 aromatic rings. The molecule has 0 spiro atoms. The van der Waals surface area contributed by atoms with Gasteiger partial charge in [0.2, 0.25) is 11.5 Å². The summed E-state index contributed by atoms with van der Waals surface area (Å²) in [5, 5.41) is 0. The maximum absolute atomic E-state index is 12.8. The molecule has 0 N–H and O–H groups in total. The molecule has 428 valence electrons. The summed E-state index contributed by atoms with van der Waals surface area (Å²) < 4.78 is 75.7. The van der Waals surface area contributed by atoms with Crippen LogP contribution in [-0.4, -0.2) is 159 Å². The van der Waals surface area contributed by atoms with Gasteiger partial charge in [0, 0.05) is 75.5 Å². The van der Waals surface area contributed by atoms with E-state index in [2.05, 4.69) is 38.4 Å². The average Bonchev–Trinajstić information content (AvgIpc) is 3.46. The molecule has 78 heavy (non-hydrogen) atoms. The Labute approximate surface area is 462 Å². The number of hydrogen-bond donors (Lipinski definition) is 0. The number of esters is 2. The number of rotatable bonds is 32. The van der Waals surface area contributed by atoms with Crippen LogP contribution < -0.4 is 47.4 Å². The molecule has 2 heterocycles. The van der Waals surface area contributed by atoms with E-state index in [0.717, 1.165) is 77.7 Å². The smallest absolute Gasteiger partial charge is 0.306 e. The number of fused-ring (bicyclic) bond motifs is 2. The summed E-state index contributed by atoms with van der Waals surface area (Å²) in [7, 11) is 21.0. The molecule has 0 aromatic heterocycles. The van der Waals surface area contributed by atoms with Gasteiger partial charge in [-0.15, -0.1) is 0 Å². The molecule has 4 aromatic carbocycles. The zero-order valence-corrected chi connectivity index (χ0v) is 48.4. The van der Waals surface area contributed by atoms with Crippen LogP contribution in [-0.2, 0) is 49.5 Å². The van der Waals surface area contributed by atoms with E-state index in [1.165, 1.54) is 22.3 Å². The van der Waals surface area contributed by atoms with Gasteiger partial charge in [-0.3, -0.25) is 9.59 Å². The maximum Gasteiger partial charge on any atom is 0.306 e. The number of ether oxygens (including phenoxy) is 13. The number of carbonyl (C=O) groups excluding carboxylic acids is 2. The lowest BCUT2D eigenvalue weighted by Crippen LogP contribution is -2.52. The first kappa shape index (κ1) is 60.7. The summed E-state index contributed by atoms with van der Waals surface area (Å²) in [6.45, 7) is 5.25. The van der Waals surface area contributed by atoms with Gasteiger partial charge in [0.25, 0.3) is 0 Å². The van der Waals surface area contributed by atoms with Crippen molar-refractivity contribution < 1.29 is 80.1 Å². The van der Waals surface area contributed by atoms with Gasteiger partial charge in [0.05, 0.1) is 131 Å². The van der Waals surface area contributed by atoms with Crippen LogP contribution in [0.2, 0.25) is 0 Å². The number of quaternary nitrogens is 2. The predicted molar refractivity (Wildman–Crippen MR) is 298 cm³/mol. The molecule has 0 unspecified atom stereocenters. The Morgan fingerprint density at radius 1 is 0.449 bits per heavy atom. The van der Waals surface area contributed by atoms with Gasteiger partial charge < -0.3 is 70.5 Å². The summed E-state index contributed by atoms with van der Waals surface area (Å²) in [6.07, 6.45) is 10.8. The van der Waals surface area contributed by atoms with Crippen molar-refractivity contribution in [3.05, 3.63) is 94.1 Å². The molecule has 0 aliphatic carbocycles. The summed E-state index contributed by atoms with van der Waals surface area (Å²) in [4.78, 5) is 25.3. The molecule has 0 saturated heterocycles. The van der Waals surface area contributed by atoms with Gasteiger partial charge in [-0.1, -0.05) is 12.2 Å². The fourth-order valence-corrected chi connectivity index (χ4v) is 11.2. The number of likely N-dealkylation sites (N-methyl/N-ethyl adjacent to an activating group) is 2. The second-order valence-electron chi connectivity index (χ2n) is 20.3. The van der Waals surface area contributed by atoms with E-state index in [0.29, 0.717) is 110 Å². The molecule has 4 atom stereocenters. The van der Waals surface area contributed by atoms with E-state index in [-0.39, 0.29) is 36.9 Å². The van der Waals surface area contributed by atoms with E-state index < -0.39 is 0 Å². The van der Waals surface area contributed by atoms with Crippen LogP contribution in [0.5, 0.6) is 57.5 Å². The number of nitrogens with zero attached hydrogens (tertiary/aromatic N) is 2. The molecule has 2 aliphatic rings. The van der Waals surface area contributed by atoms with Crippen molar-refractivity contribution in [2.24, 2.45) is 0 Å². The predicted octanol–water partition coefficient (Wildman–Crippen LogP) is 9.44. The van der Waals surface area contributed by atoms with Gasteiger partial charge in [0.15, 0.2) is 46.0 Å². The minimum absolute atomic E-state index is 0.0574. The Kier molecular flexibility index (Phi) is 22.9. The zero-order valence-electron chi connectivity index (χ0n) is 48.4. The van der Waals surface area contributed by atoms with Gasteiger partial charge in [-0.25, -0.2) is 0 Å². The normalized spacial score (nSPS) is 18.5. The summed E-state index contributed by atoms with van der Waals surface area (Å²) in [6, 6.07) is 16.7. The van der Waals surface area contributed by atoms with Crippen molar-refractivity contribution >= 4 is 11.9 Å². The molecule has 0 saturated carbocycles. The highest BCUT2D eigenvalue weighted by molar-refractivity contribution is 5.70. The Hall–Kier alpha value is -6.56. The van der Waals surface area contributed by atoms with Gasteiger partial charge >= 0.3 is 11.9 Å². The van der Waals surface area contributed by atoms with Crippen molar-refractivity contribution in [3.63, 3.8) is 0 Å². The van der Waals surface area contributed by atoms with Gasteiger partial charge in [-0.2, -0.15) is 0 Å². The topological polar surface area (TPSA) is 154 Å². The highest BCUT2D eigenvalue weighted by Crippen LogP contribution is 2.47. The van der Waals surface area contributed by atoms with Gasteiger partial charge in [0.1, 0.15) is 12.1 Å². The molecule has 17 heteroatoms. The largest absolute Gasteiger partial charge is 0.493 e. The third-order valence-electron chi connectivity index (χ3n) is 15.5. The first-order valence-corrected chi connectivity index (χ1v) is 27.1. The first-order chi connectivity index (χ1) is 37.7. The molecular formula is C61H86N2O15+2. The summed E-state index contributed by atoms with van der Waals surface area (Å²) >= 11 is 0. The molecule has 2 aliphatic heterocycles. The molecule has 0 amide bonds. The van der Waals surface area contributed by atoms with Crippen molar-refractivity contribution in [3.8, 4) is 57.5 Å². The Bertz CT molecular complexity index is 2590. The maximum atomic E-state index is 12.8. The molecule has 0 bridgehead atoms. The lowest BCUT2D eigenvalue weighted by molar-refractivity contribution is -0.941. The van der Waals surface area contributed by atoms with E-state index in [4.69, 9.17) is 61.6 Å². The third-order valence-corrected chi connectivity index (χ3v) is 15.5. The van der Waals surface area contributed by atoms with Crippen LogP contribution in [0.15, 0.2) is 60.7 Å². The zero-order chi connectivity index (χ0) is 56.2. The quantitative estimate of drug-likeness (QED) is 0.0197. The second-order valence-corrected chi connectivity index (χ2v) is 20.3. The molecule has 0 fully saturated rings. The second kappa shape index (κ2) is 29.4. The van der Waals surface area contributed by atoms with Crippen molar-refractivity contribution in [1.29, 1.82) is 0 Å². The fourth-order valence-electron chi connectivity index (χ4n) is 11.2. The van der Waals surface area contributed by atoms with Crippen LogP contribution in [0.4, 0.5) is 0 Å². The highest BCUT2D eigenvalue weighted by Gasteiger charge is 2.42. The Morgan fingerprint density at radius 3 is 1.17 bits per heavy atom. The third kappa shape index (κ3) is 15.2. The van der Waals surface area contributed by atoms with Crippen LogP contribution in [0.25, 0.3) is 0 Å². The highest BCUT2D eigenvalue weighted by atomic mass is 16.6. The van der Waals surface area contributed by atoms with Crippen LogP contribution in [0.3, 0.4) is 0 Å². The lowest BCUT2D eigenvalue weighted by Gasteiger charge is -2.46. The van der Waals surface area contributed by atoms with Crippen molar-refractivity contribution in [2.75, 3.05) is 138 Å². The minimum Gasteiger partial charge on any atom is -0.493 e. The van der Waals surface area contributed by atoms with Gasteiger partial charge in [-0.05, 0) is 83.6 Å². The number of allylic oxidation sites excluding steroid dienone is 2. The Morgan fingerprint density at radius 2 is 0.795 bits per heavy atom.